The maximum absolute atomic E-state index is 12.7. The minimum Gasteiger partial charge on any atom is -0.326 e. The zero-order chi connectivity index (χ0) is 20.8. The summed E-state index contributed by atoms with van der Waals surface area (Å²) in [6.07, 6.45) is 0. The monoisotopic (exact) mass is 388 g/mol. The Morgan fingerprint density at radius 3 is 2.10 bits per heavy atom. The molecule has 7 heteroatoms. The van der Waals surface area contributed by atoms with Gasteiger partial charge in [-0.3, -0.25) is 14.4 Å². The lowest BCUT2D eigenvalue weighted by Crippen LogP contribution is -2.27. The molecule has 0 saturated carbocycles. The smallest absolute Gasteiger partial charge is 0.276 e. The van der Waals surface area contributed by atoms with Gasteiger partial charge in [-0.2, -0.15) is 0 Å². The van der Waals surface area contributed by atoms with Crippen molar-refractivity contribution in [2.45, 2.75) is 6.92 Å². The molecule has 0 aliphatic heterocycles. The molecule has 146 valence electrons. The predicted molar refractivity (Wildman–Crippen MR) is 112 cm³/mol. The van der Waals surface area contributed by atoms with E-state index in [1.807, 2.05) is 30.3 Å². The van der Waals surface area contributed by atoms with Crippen LogP contribution < -0.4 is 15.5 Å². The summed E-state index contributed by atoms with van der Waals surface area (Å²) in [6, 6.07) is 20.6. The highest BCUT2D eigenvalue weighted by molar-refractivity contribution is 6.07. The van der Waals surface area contributed by atoms with E-state index in [0.717, 1.165) is 5.69 Å². The Morgan fingerprint density at radius 1 is 0.793 bits per heavy atom. The summed E-state index contributed by atoms with van der Waals surface area (Å²) in [5.74, 6) is -0.982. The number of pyridine rings is 1. The first-order chi connectivity index (χ1) is 13.9. The van der Waals surface area contributed by atoms with Gasteiger partial charge in [-0.15, -0.1) is 0 Å². The Hall–Kier alpha value is -4.00. The lowest BCUT2D eigenvalue weighted by Gasteiger charge is -2.17. The van der Waals surface area contributed by atoms with Gasteiger partial charge in [0.15, 0.2) is 0 Å². The number of nitrogens with one attached hydrogen (secondary N) is 2. The molecule has 0 bridgehead atoms. The van der Waals surface area contributed by atoms with Crippen molar-refractivity contribution in [1.82, 2.24) is 4.98 Å². The van der Waals surface area contributed by atoms with Gasteiger partial charge in [0.2, 0.25) is 5.91 Å². The molecule has 0 unspecified atom stereocenters. The second-order valence-corrected chi connectivity index (χ2v) is 6.32. The molecule has 0 aliphatic carbocycles. The lowest BCUT2D eigenvalue weighted by atomic mass is 10.2. The molecule has 3 rings (SSSR count). The highest BCUT2D eigenvalue weighted by Crippen LogP contribution is 2.17. The first-order valence-electron chi connectivity index (χ1n) is 8.93. The topological polar surface area (TPSA) is 91.4 Å². The summed E-state index contributed by atoms with van der Waals surface area (Å²) in [4.78, 5) is 42.2. The minimum absolute atomic E-state index is 0.113. The SMILES string of the molecule is CC(=O)Nc1cccc(NC(=O)c2cccc(C(=O)N(C)c3ccccc3)n2)c1. The van der Waals surface area contributed by atoms with Crippen molar-refractivity contribution in [3.05, 3.63) is 84.2 Å². The third-order valence-electron chi connectivity index (χ3n) is 4.09. The van der Waals surface area contributed by atoms with Crippen LogP contribution in [-0.4, -0.2) is 29.8 Å². The number of carbonyl (C=O) groups is 3. The predicted octanol–water partition coefficient (Wildman–Crippen LogP) is 3.57. The number of hydrogen-bond acceptors (Lipinski definition) is 4. The Labute approximate surface area is 168 Å². The molecule has 0 spiro atoms. The number of amides is 3. The number of rotatable bonds is 5. The highest BCUT2D eigenvalue weighted by Gasteiger charge is 2.17. The van der Waals surface area contributed by atoms with Gasteiger partial charge >= 0.3 is 0 Å². The number of nitrogens with zero attached hydrogens (tertiary/aromatic N) is 2. The molecule has 2 N–H and O–H groups in total. The number of hydrogen-bond donors (Lipinski definition) is 2. The molecular weight excluding hydrogens is 368 g/mol. The van der Waals surface area contributed by atoms with Crippen LogP contribution in [0.25, 0.3) is 0 Å². The number of carbonyl (C=O) groups excluding carboxylic acids is 3. The number of benzene rings is 2. The van der Waals surface area contributed by atoms with E-state index in [0.29, 0.717) is 11.4 Å². The van der Waals surface area contributed by atoms with Crippen LogP contribution in [0.3, 0.4) is 0 Å². The zero-order valence-electron chi connectivity index (χ0n) is 16.0. The van der Waals surface area contributed by atoms with Gasteiger partial charge in [0, 0.05) is 31.0 Å². The van der Waals surface area contributed by atoms with E-state index in [4.69, 9.17) is 0 Å². The van der Waals surface area contributed by atoms with E-state index in [9.17, 15) is 14.4 Å². The molecule has 29 heavy (non-hydrogen) atoms. The third-order valence-corrected chi connectivity index (χ3v) is 4.09. The Morgan fingerprint density at radius 2 is 1.41 bits per heavy atom. The molecule has 2 aromatic carbocycles. The van der Waals surface area contributed by atoms with Gasteiger partial charge < -0.3 is 15.5 Å². The molecule has 1 aromatic heterocycles. The minimum atomic E-state index is -0.456. The second kappa shape index (κ2) is 8.79. The van der Waals surface area contributed by atoms with E-state index in [-0.39, 0.29) is 23.2 Å². The lowest BCUT2D eigenvalue weighted by molar-refractivity contribution is -0.114. The molecule has 0 atom stereocenters. The fourth-order valence-electron chi connectivity index (χ4n) is 2.69. The summed E-state index contributed by atoms with van der Waals surface area (Å²) in [6.45, 7) is 1.41. The Bertz CT molecular complexity index is 1050. The van der Waals surface area contributed by atoms with Crippen molar-refractivity contribution in [2.75, 3.05) is 22.6 Å². The molecular formula is C22H20N4O3. The first-order valence-corrected chi connectivity index (χ1v) is 8.93. The summed E-state index contributed by atoms with van der Waals surface area (Å²) in [5, 5.41) is 5.38. The third kappa shape index (κ3) is 5.04. The number of anilines is 3. The second-order valence-electron chi connectivity index (χ2n) is 6.32. The zero-order valence-corrected chi connectivity index (χ0v) is 16.0. The van der Waals surface area contributed by atoms with Crippen molar-refractivity contribution >= 4 is 34.8 Å². The summed E-state index contributed by atoms with van der Waals surface area (Å²) >= 11 is 0. The highest BCUT2D eigenvalue weighted by atomic mass is 16.2. The van der Waals surface area contributed by atoms with Crippen molar-refractivity contribution in [1.29, 1.82) is 0 Å². The van der Waals surface area contributed by atoms with E-state index >= 15 is 0 Å². The molecule has 0 fully saturated rings. The van der Waals surface area contributed by atoms with Crippen LogP contribution in [0.2, 0.25) is 0 Å². The average Bonchev–Trinajstić information content (AvgIpc) is 2.73. The molecule has 7 nitrogen and oxygen atoms in total. The molecule has 0 aliphatic rings. The number of para-hydroxylation sites is 1. The van der Waals surface area contributed by atoms with E-state index in [1.165, 1.54) is 17.9 Å². The Balaban J connectivity index is 1.76. The van der Waals surface area contributed by atoms with Crippen LogP contribution in [0.15, 0.2) is 72.8 Å². The van der Waals surface area contributed by atoms with Crippen molar-refractivity contribution in [3.8, 4) is 0 Å². The molecule has 0 saturated heterocycles. The summed E-state index contributed by atoms with van der Waals surface area (Å²) < 4.78 is 0. The van der Waals surface area contributed by atoms with Crippen LogP contribution in [-0.2, 0) is 4.79 Å². The van der Waals surface area contributed by atoms with E-state index < -0.39 is 5.91 Å². The van der Waals surface area contributed by atoms with Crippen molar-refractivity contribution in [3.63, 3.8) is 0 Å². The number of aromatic nitrogens is 1. The van der Waals surface area contributed by atoms with Crippen molar-refractivity contribution in [2.24, 2.45) is 0 Å². The van der Waals surface area contributed by atoms with Crippen LogP contribution in [0.1, 0.15) is 27.9 Å². The maximum atomic E-state index is 12.7. The average molecular weight is 388 g/mol. The van der Waals surface area contributed by atoms with Gasteiger partial charge in [-0.25, -0.2) is 4.98 Å². The Kier molecular flexibility index (Phi) is 5.99. The van der Waals surface area contributed by atoms with Gasteiger partial charge in [-0.05, 0) is 42.5 Å². The van der Waals surface area contributed by atoms with E-state index in [1.54, 1.807) is 43.4 Å². The molecule has 1 heterocycles. The van der Waals surface area contributed by atoms with Gasteiger partial charge in [0.25, 0.3) is 11.8 Å². The van der Waals surface area contributed by atoms with Crippen LogP contribution in [0, 0.1) is 0 Å². The standard InChI is InChI=1S/C22H20N4O3/c1-15(27)23-16-8-6-9-17(14-16)24-21(28)19-12-7-13-20(25-19)22(29)26(2)18-10-4-3-5-11-18/h3-14H,1-2H3,(H,23,27)(H,24,28). The molecule has 3 amide bonds. The van der Waals surface area contributed by atoms with Crippen LogP contribution in [0.4, 0.5) is 17.1 Å². The maximum Gasteiger partial charge on any atom is 0.276 e. The quantitative estimate of drug-likeness (QED) is 0.699. The van der Waals surface area contributed by atoms with Gasteiger partial charge in [-0.1, -0.05) is 30.3 Å². The van der Waals surface area contributed by atoms with Crippen LogP contribution in [0.5, 0.6) is 0 Å². The molecule has 0 radical (unpaired) electrons. The summed E-state index contributed by atoms with van der Waals surface area (Å²) in [5.41, 5.74) is 2.07. The van der Waals surface area contributed by atoms with Crippen molar-refractivity contribution < 1.29 is 14.4 Å². The van der Waals surface area contributed by atoms with Gasteiger partial charge in [0.05, 0.1) is 0 Å². The molecule has 3 aromatic rings. The van der Waals surface area contributed by atoms with Crippen LogP contribution >= 0.6 is 0 Å². The largest absolute Gasteiger partial charge is 0.326 e. The van der Waals surface area contributed by atoms with Gasteiger partial charge in [0.1, 0.15) is 11.4 Å². The van der Waals surface area contributed by atoms with E-state index in [2.05, 4.69) is 15.6 Å². The first kappa shape index (κ1) is 19.8. The fraction of sp³-hybridized carbons (Fsp3) is 0.0909. The fourth-order valence-corrected chi connectivity index (χ4v) is 2.69. The summed E-state index contributed by atoms with van der Waals surface area (Å²) in [7, 11) is 1.65. The normalized spacial score (nSPS) is 10.1.